The van der Waals surface area contributed by atoms with Crippen molar-refractivity contribution in [1.29, 1.82) is 0 Å². The molecule has 9 heteroatoms. The molecule has 0 fully saturated rings. The van der Waals surface area contributed by atoms with Crippen LogP contribution in [0.4, 0.5) is 0 Å². The van der Waals surface area contributed by atoms with E-state index < -0.39 is 16.1 Å². The average molecular weight is 455 g/mol. The molecule has 0 amide bonds. The fraction of sp³-hybridized carbons (Fsp3) is 0.227. The van der Waals surface area contributed by atoms with Gasteiger partial charge in [-0.3, -0.25) is 0 Å². The normalized spacial score (nSPS) is 12.9. The molecule has 4 rings (SSSR count). The van der Waals surface area contributed by atoms with E-state index in [2.05, 4.69) is 19.8 Å². The zero-order chi connectivity index (χ0) is 22.0. The first-order valence-electron chi connectivity index (χ1n) is 9.77. The highest BCUT2D eigenvalue weighted by atomic mass is 32.2. The fourth-order valence-electron chi connectivity index (χ4n) is 3.07. The van der Waals surface area contributed by atoms with Gasteiger partial charge in [-0.05, 0) is 25.0 Å². The van der Waals surface area contributed by atoms with Crippen LogP contribution in [0.2, 0.25) is 0 Å². The molecule has 0 saturated carbocycles. The molecule has 2 heterocycles. The molecule has 160 valence electrons. The molecule has 0 aliphatic heterocycles. The Bertz CT molecular complexity index is 1260. The first-order valence-corrected chi connectivity index (χ1v) is 12.1. The van der Waals surface area contributed by atoms with Gasteiger partial charge in [0.2, 0.25) is 21.7 Å². The topological polar surface area (TPSA) is 98.0 Å². The highest BCUT2D eigenvalue weighted by molar-refractivity contribution is 7.89. The summed E-state index contributed by atoms with van der Waals surface area (Å²) in [5.74, 6) is 0.534. The standard InChI is InChI=1S/C22H22N4O3S2/c1-14(2)20(26-31(27,28)18-7-5-4-6-8-18)22-24-21(25-29-22)17-11-9-16(10-12-17)19-13-30-15(3)23-19/h4-14,20,26H,1-3H3/t20-/m0/s1. The quantitative estimate of drug-likeness (QED) is 0.429. The van der Waals surface area contributed by atoms with Crippen molar-refractivity contribution >= 4 is 21.4 Å². The molecular formula is C22H22N4O3S2. The lowest BCUT2D eigenvalue weighted by Crippen LogP contribution is -2.32. The van der Waals surface area contributed by atoms with Gasteiger partial charge in [-0.25, -0.2) is 13.4 Å². The smallest absolute Gasteiger partial charge is 0.245 e. The molecule has 1 atom stereocenters. The summed E-state index contributed by atoms with van der Waals surface area (Å²) in [6.45, 7) is 5.76. The molecule has 0 bridgehead atoms. The van der Waals surface area contributed by atoms with E-state index in [9.17, 15) is 8.42 Å². The lowest BCUT2D eigenvalue weighted by Gasteiger charge is -2.18. The summed E-state index contributed by atoms with van der Waals surface area (Å²) < 4.78 is 33.7. The number of hydrogen-bond donors (Lipinski definition) is 1. The van der Waals surface area contributed by atoms with Gasteiger partial charge >= 0.3 is 0 Å². The molecule has 0 aliphatic rings. The summed E-state index contributed by atoms with van der Waals surface area (Å²) in [6, 6.07) is 15.3. The third-order valence-corrected chi connectivity index (χ3v) is 7.00. The van der Waals surface area contributed by atoms with Crippen LogP contribution in [0.15, 0.2) is 69.4 Å². The number of hydrogen-bond acceptors (Lipinski definition) is 7. The lowest BCUT2D eigenvalue weighted by molar-refractivity contribution is 0.311. The molecule has 31 heavy (non-hydrogen) atoms. The highest BCUT2D eigenvalue weighted by Gasteiger charge is 2.28. The van der Waals surface area contributed by atoms with Gasteiger partial charge in [0.05, 0.1) is 15.6 Å². The van der Waals surface area contributed by atoms with E-state index in [0.717, 1.165) is 21.8 Å². The molecule has 1 N–H and O–H groups in total. The van der Waals surface area contributed by atoms with E-state index in [0.29, 0.717) is 5.82 Å². The Kier molecular flexibility index (Phi) is 5.99. The highest BCUT2D eigenvalue weighted by Crippen LogP contribution is 2.27. The minimum Gasteiger partial charge on any atom is -0.337 e. The van der Waals surface area contributed by atoms with Crippen molar-refractivity contribution in [3.05, 3.63) is 70.9 Å². The van der Waals surface area contributed by atoms with E-state index in [1.165, 1.54) is 0 Å². The summed E-state index contributed by atoms with van der Waals surface area (Å²) in [5.41, 5.74) is 2.71. The zero-order valence-corrected chi connectivity index (χ0v) is 18.9. The number of rotatable bonds is 7. The average Bonchev–Trinajstić information content (AvgIpc) is 3.42. The van der Waals surface area contributed by atoms with Crippen molar-refractivity contribution in [2.75, 3.05) is 0 Å². The zero-order valence-electron chi connectivity index (χ0n) is 17.3. The Hall–Kier alpha value is -2.88. The minimum absolute atomic E-state index is 0.0953. The second-order valence-electron chi connectivity index (χ2n) is 7.44. The fourth-order valence-corrected chi connectivity index (χ4v) is 5.05. The van der Waals surface area contributed by atoms with Gasteiger partial charge < -0.3 is 4.52 Å². The van der Waals surface area contributed by atoms with Gasteiger partial charge in [0, 0.05) is 16.5 Å². The van der Waals surface area contributed by atoms with Crippen LogP contribution < -0.4 is 4.72 Å². The van der Waals surface area contributed by atoms with Crippen molar-refractivity contribution in [3.63, 3.8) is 0 Å². The van der Waals surface area contributed by atoms with E-state index in [1.54, 1.807) is 41.7 Å². The van der Waals surface area contributed by atoms with E-state index >= 15 is 0 Å². The maximum absolute atomic E-state index is 12.8. The molecule has 0 radical (unpaired) electrons. The van der Waals surface area contributed by atoms with Crippen LogP contribution in [-0.4, -0.2) is 23.5 Å². The van der Waals surface area contributed by atoms with Crippen LogP contribution in [0.25, 0.3) is 22.6 Å². The molecular weight excluding hydrogens is 432 g/mol. The SMILES string of the molecule is Cc1nc(-c2ccc(-c3noc([C@@H](NS(=O)(=O)c4ccccc4)C(C)C)n3)cc2)cs1. The summed E-state index contributed by atoms with van der Waals surface area (Å²) in [6.07, 6.45) is 0. The number of sulfonamides is 1. The number of thiazole rings is 1. The van der Waals surface area contributed by atoms with Crippen molar-refractivity contribution in [1.82, 2.24) is 19.8 Å². The first kappa shape index (κ1) is 21.4. The third-order valence-electron chi connectivity index (χ3n) is 4.77. The second kappa shape index (κ2) is 8.70. The van der Waals surface area contributed by atoms with Crippen molar-refractivity contribution in [2.24, 2.45) is 5.92 Å². The summed E-state index contributed by atoms with van der Waals surface area (Å²) in [7, 11) is -3.73. The Balaban J connectivity index is 1.57. The van der Waals surface area contributed by atoms with Gasteiger partial charge in [-0.15, -0.1) is 11.3 Å². The Morgan fingerprint density at radius 1 is 0.968 bits per heavy atom. The molecule has 0 aliphatic carbocycles. The third kappa shape index (κ3) is 4.73. The van der Waals surface area contributed by atoms with Crippen LogP contribution in [0.5, 0.6) is 0 Å². The summed E-state index contributed by atoms with van der Waals surface area (Å²) >= 11 is 1.60. The van der Waals surface area contributed by atoms with Crippen LogP contribution in [0.1, 0.15) is 30.8 Å². The van der Waals surface area contributed by atoms with Gasteiger partial charge in [-0.2, -0.15) is 9.71 Å². The maximum Gasteiger partial charge on any atom is 0.245 e. The second-order valence-corrected chi connectivity index (χ2v) is 10.2. The predicted molar refractivity (Wildman–Crippen MR) is 120 cm³/mol. The summed E-state index contributed by atoms with van der Waals surface area (Å²) in [5, 5.41) is 7.09. The summed E-state index contributed by atoms with van der Waals surface area (Å²) in [4.78, 5) is 9.15. The number of nitrogens with zero attached hydrogens (tertiary/aromatic N) is 3. The largest absolute Gasteiger partial charge is 0.337 e. The van der Waals surface area contributed by atoms with Gasteiger partial charge in [-0.1, -0.05) is 61.5 Å². The monoisotopic (exact) mass is 454 g/mol. The Morgan fingerprint density at radius 3 is 2.26 bits per heavy atom. The molecule has 7 nitrogen and oxygen atoms in total. The van der Waals surface area contributed by atoms with Crippen molar-refractivity contribution < 1.29 is 12.9 Å². The predicted octanol–water partition coefficient (Wildman–Crippen LogP) is 4.84. The Morgan fingerprint density at radius 2 is 1.65 bits per heavy atom. The number of aromatic nitrogens is 3. The van der Waals surface area contributed by atoms with E-state index in [-0.39, 0.29) is 16.7 Å². The molecule has 0 spiro atoms. The van der Waals surface area contributed by atoms with Gasteiger partial charge in [0.15, 0.2) is 0 Å². The van der Waals surface area contributed by atoms with E-state index in [1.807, 2.05) is 50.4 Å². The molecule has 4 aromatic rings. The molecule has 0 saturated heterocycles. The van der Waals surface area contributed by atoms with Crippen LogP contribution in [0.3, 0.4) is 0 Å². The minimum atomic E-state index is -3.73. The number of aryl methyl sites for hydroxylation is 1. The van der Waals surface area contributed by atoms with Crippen LogP contribution in [0, 0.1) is 12.8 Å². The molecule has 2 aromatic carbocycles. The molecule has 0 unspecified atom stereocenters. The number of nitrogens with one attached hydrogen (secondary N) is 1. The van der Waals surface area contributed by atoms with Crippen LogP contribution >= 0.6 is 11.3 Å². The first-order chi connectivity index (χ1) is 14.8. The lowest BCUT2D eigenvalue weighted by atomic mass is 10.1. The van der Waals surface area contributed by atoms with Crippen LogP contribution in [-0.2, 0) is 10.0 Å². The maximum atomic E-state index is 12.8. The van der Waals surface area contributed by atoms with E-state index in [4.69, 9.17) is 4.52 Å². The van der Waals surface area contributed by atoms with Crippen molar-refractivity contribution in [2.45, 2.75) is 31.7 Å². The Labute approximate surface area is 185 Å². The van der Waals surface area contributed by atoms with Gasteiger partial charge in [0.1, 0.15) is 6.04 Å². The molecule has 2 aromatic heterocycles. The van der Waals surface area contributed by atoms with Gasteiger partial charge in [0.25, 0.3) is 0 Å². The number of benzene rings is 2. The van der Waals surface area contributed by atoms with Crippen molar-refractivity contribution in [3.8, 4) is 22.6 Å².